The number of carbonyl (C=O) groups is 1. The molecular weight excluding hydrogens is 252 g/mol. The highest BCUT2D eigenvalue weighted by Gasteiger charge is 2.12. The topological polar surface area (TPSA) is 42.0 Å². The smallest absolute Gasteiger partial charge is 0.261 e. The highest BCUT2D eigenvalue weighted by Crippen LogP contribution is 2.19. The predicted molar refractivity (Wildman–Crippen MR) is 71.7 cm³/mol. The molecule has 1 amide bonds. The van der Waals surface area contributed by atoms with Crippen molar-refractivity contribution in [2.45, 2.75) is 17.9 Å². The molecule has 0 aliphatic carbocycles. The maximum atomic E-state index is 11.9. The SMILES string of the molecule is CC(NC(=O)c1cc(S)cs1)c1ccncc1. The van der Waals surface area contributed by atoms with E-state index in [1.165, 1.54) is 11.3 Å². The summed E-state index contributed by atoms with van der Waals surface area (Å²) in [5.41, 5.74) is 1.04. The van der Waals surface area contributed by atoms with Crippen molar-refractivity contribution in [1.82, 2.24) is 10.3 Å². The van der Waals surface area contributed by atoms with Gasteiger partial charge in [0.25, 0.3) is 5.91 Å². The second-order valence-corrected chi connectivity index (χ2v) is 5.07. The lowest BCUT2D eigenvalue weighted by molar-refractivity contribution is 0.0944. The molecule has 2 aromatic heterocycles. The van der Waals surface area contributed by atoms with Gasteiger partial charge in [-0.05, 0) is 30.7 Å². The van der Waals surface area contributed by atoms with Crippen LogP contribution in [0.3, 0.4) is 0 Å². The molecule has 1 N–H and O–H groups in total. The quantitative estimate of drug-likeness (QED) is 0.837. The summed E-state index contributed by atoms with van der Waals surface area (Å²) in [5, 5.41) is 4.78. The number of hydrogen-bond donors (Lipinski definition) is 2. The van der Waals surface area contributed by atoms with Crippen LogP contribution in [0.15, 0.2) is 40.9 Å². The second-order valence-electron chi connectivity index (χ2n) is 3.64. The van der Waals surface area contributed by atoms with E-state index < -0.39 is 0 Å². The average molecular weight is 264 g/mol. The third-order valence-corrected chi connectivity index (χ3v) is 3.72. The first-order valence-corrected chi connectivity index (χ1v) is 6.48. The molecule has 3 nitrogen and oxygen atoms in total. The molecule has 0 fully saturated rings. The average Bonchev–Trinajstić information content (AvgIpc) is 2.77. The van der Waals surface area contributed by atoms with Gasteiger partial charge in [-0.25, -0.2) is 0 Å². The first-order chi connectivity index (χ1) is 8.16. The van der Waals surface area contributed by atoms with Crippen LogP contribution in [0.25, 0.3) is 0 Å². The van der Waals surface area contributed by atoms with Crippen molar-refractivity contribution >= 4 is 29.9 Å². The summed E-state index contributed by atoms with van der Waals surface area (Å²) in [6.45, 7) is 1.95. The van der Waals surface area contributed by atoms with E-state index in [9.17, 15) is 4.79 Å². The number of pyridine rings is 1. The molecule has 0 bridgehead atoms. The van der Waals surface area contributed by atoms with Gasteiger partial charge in [-0.15, -0.1) is 24.0 Å². The number of rotatable bonds is 3. The summed E-state index contributed by atoms with van der Waals surface area (Å²) in [4.78, 5) is 17.3. The highest BCUT2D eigenvalue weighted by atomic mass is 32.1. The van der Waals surface area contributed by atoms with Crippen LogP contribution in [0.4, 0.5) is 0 Å². The zero-order chi connectivity index (χ0) is 12.3. The molecule has 1 atom stereocenters. The third kappa shape index (κ3) is 3.08. The van der Waals surface area contributed by atoms with E-state index >= 15 is 0 Å². The molecule has 17 heavy (non-hydrogen) atoms. The molecule has 0 saturated heterocycles. The predicted octanol–water partition coefficient (Wildman–Crippen LogP) is 2.92. The Morgan fingerprint density at radius 2 is 2.18 bits per heavy atom. The molecule has 2 rings (SSSR count). The minimum absolute atomic E-state index is 0.0315. The number of hydrogen-bond acceptors (Lipinski definition) is 4. The molecular formula is C12H12N2OS2. The zero-order valence-electron chi connectivity index (χ0n) is 9.25. The van der Waals surface area contributed by atoms with Crippen molar-refractivity contribution in [3.8, 4) is 0 Å². The normalized spacial score (nSPS) is 12.1. The van der Waals surface area contributed by atoms with Gasteiger partial charge in [0.2, 0.25) is 0 Å². The van der Waals surface area contributed by atoms with Gasteiger partial charge in [0.05, 0.1) is 10.9 Å². The van der Waals surface area contributed by atoms with Crippen molar-refractivity contribution in [1.29, 1.82) is 0 Å². The highest BCUT2D eigenvalue weighted by molar-refractivity contribution is 7.80. The number of amides is 1. The molecule has 0 aromatic carbocycles. The number of thiophene rings is 1. The van der Waals surface area contributed by atoms with Crippen LogP contribution in [0.1, 0.15) is 28.2 Å². The van der Waals surface area contributed by atoms with Gasteiger partial charge in [0, 0.05) is 22.7 Å². The number of carbonyl (C=O) groups excluding carboxylic acids is 1. The number of aromatic nitrogens is 1. The Hall–Kier alpha value is -1.33. The van der Waals surface area contributed by atoms with Crippen LogP contribution in [-0.2, 0) is 0 Å². The molecule has 2 aromatic rings. The zero-order valence-corrected chi connectivity index (χ0v) is 11.0. The summed E-state index contributed by atoms with van der Waals surface area (Å²) in [6.07, 6.45) is 3.43. The summed E-state index contributed by atoms with van der Waals surface area (Å²) >= 11 is 5.58. The van der Waals surface area contributed by atoms with Crippen molar-refractivity contribution in [3.05, 3.63) is 46.4 Å². The molecule has 88 valence electrons. The Bertz CT molecular complexity index is 510. The Labute approximate surface area is 109 Å². The van der Waals surface area contributed by atoms with Gasteiger partial charge >= 0.3 is 0 Å². The molecule has 1 unspecified atom stereocenters. The number of thiol groups is 1. The van der Waals surface area contributed by atoms with E-state index in [4.69, 9.17) is 0 Å². The van der Waals surface area contributed by atoms with Crippen LogP contribution < -0.4 is 5.32 Å². The van der Waals surface area contributed by atoms with Gasteiger partial charge in [-0.3, -0.25) is 9.78 Å². The Kier molecular flexibility index (Phi) is 3.81. The molecule has 0 aliphatic heterocycles. The van der Waals surface area contributed by atoms with E-state index in [2.05, 4.69) is 22.9 Å². The summed E-state index contributed by atoms with van der Waals surface area (Å²) in [6, 6.07) is 5.52. The first-order valence-electron chi connectivity index (χ1n) is 5.15. The van der Waals surface area contributed by atoms with Crippen LogP contribution in [-0.4, -0.2) is 10.9 Å². The Balaban J connectivity index is 2.04. The standard InChI is InChI=1S/C12H12N2OS2/c1-8(9-2-4-13-5-3-9)14-12(15)11-6-10(16)7-17-11/h2-8,16H,1H3,(H,14,15). The van der Waals surface area contributed by atoms with E-state index in [1.54, 1.807) is 18.5 Å². The molecule has 0 spiro atoms. The Morgan fingerprint density at radius 1 is 1.47 bits per heavy atom. The lowest BCUT2D eigenvalue weighted by atomic mass is 10.1. The first kappa shape index (κ1) is 12.1. The second kappa shape index (κ2) is 5.33. The van der Waals surface area contributed by atoms with Crippen molar-refractivity contribution in [2.24, 2.45) is 0 Å². The number of nitrogens with one attached hydrogen (secondary N) is 1. The van der Waals surface area contributed by atoms with E-state index in [-0.39, 0.29) is 11.9 Å². The molecule has 2 heterocycles. The van der Waals surface area contributed by atoms with Crippen LogP contribution in [0.5, 0.6) is 0 Å². The van der Waals surface area contributed by atoms with Crippen LogP contribution in [0, 0.1) is 0 Å². The summed E-state index contributed by atoms with van der Waals surface area (Å²) < 4.78 is 0. The minimum Gasteiger partial charge on any atom is -0.345 e. The third-order valence-electron chi connectivity index (χ3n) is 2.36. The monoisotopic (exact) mass is 264 g/mol. The fraction of sp³-hybridized carbons (Fsp3) is 0.167. The molecule has 0 saturated carbocycles. The van der Waals surface area contributed by atoms with E-state index in [0.717, 1.165) is 10.5 Å². The summed E-state index contributed by atoms with van der Waals surface area (Å²) in [7, 11) is 0. The lowest BCUT2D eigenvalue weighted by Gasteiger charge is -2.13. The lowest BCUT2D eigenvalue weighted by Crippen LogP contribution is -2.25. The van der Waals surface area contributed by atoms with Crippen LogP contribution in [0.2, 0.25) is 0 Å². The Morgan fingerprint density at radius 3 is 2.76 bits per heavy atom. The van der Waals surface area contributed by atoms with Gasteiger partial charge in [-0.1, -0.05) is 0 Å². The maximum absolute atomic E-state index is 11.9. The van der Waals surface area contributed by atoms with Gasteiger partial charge < -0.3 is 5.32 Å². The summed E-state index contributed by atoms with van der Waals surface area (Å²) in [5.74, 6) is -0.0698. The molecule has 0 radical (unpaired) electrons. The number of nitrogens with zero attached hydrogens (tertiary/aromatic N) is 1. The van der Waals surface area contributed by atoms with Crippen LogP contribution >= 0.6 is 24.0 Å². The van der Waals surface area contributed by atoms with Gasteiger partial charge in [-0.2, -0.15) is 0 Å². The maximum Gasteiger partial charge on any atom is 0.261 e. The van der Waals surface area contributed by atoms with Gasteiger partial charge in [0.1, 0.15) is 0 Å². The minimum atomic E-state index is -0.0698. The fourth-order valence-corrected chi connectivity index (χ4v) is 2.50. The largest absolute Gasteiger partial charge is 0.345 e. The fourth-order valence-electron chi connectivity index (χ4n) is 1.45. The molecule has 0 aliphatic rings. The van der Waals surface area contributed by atoms with Crippen molar-refractivity contribution < 1.29 is 4.79 Å². The van der Waals surface area contributed by atoms with Gasteiger partial charge in [0.15, 0.2) is 0 Å². The van der Waals surface area contributed by atoms with Crippen molar-refractivity contribution in [2.75, 3.05) is 0 Å². The molecule has 5 heteroatoms. The van der Waals surface area contributed by atoms with E-state index in [0.29, 0.717) is 4.88 Å². The van der Waals surface area contributed by atoms with Crippen molar-refractivity contribution in [3.63, 3.8) is 0 Å². The van der Waals surface area contributed by atoms with E-state index in [1.807, 2.05) is 24.4 Å².